The van der Waals surface area contributed by atoms with Crippen LogP contribution in [0, 0.1) is 6.92 Å². The predicted molar refractivity (Wildman–Crippen MR) is 172 cm³/mol. The van der Waals surface area contributed by atoms with Crippen LogP contribution in [0.1, 0.15) is 63.0 Å². The molecule has 5 rings (SSSR count). The number of aromatic carboxylic acids is 1. The van der Waals surface area contributed by atoms with Gasteiger partial charge in [-0.15, -0.1) is 0 Å². The van der Waals surface area contributed by atoms with Gasteiger partial charge in [0.2, 0.25) is 5.91 Å². The Morgan fingerprint density at radius 2 is 1.62 bits per heavy atom. The maximum atomic E-state index is 13.6. The van der Waals surface area contributed by atoms with Crippen molar-refractivity contribution in [2.45, 2.75) is 52.1 Å². The maximum absolute atomic E-state index is 13.6. The van der Waals surface area contributed by atoms with E-state index in [1.54, 1.807) is 23.7 Å². The number of benzene rings is 4. The zero-order valence-electron chi connectivity index (χ0n) is 25.3. The molecule has 0 radical (unpaired) electrons. The molecule has 0 aliphatic rings. The number of carbonyl (C=O) groups is 3. The van der Waals surface area contributed by atoms with E-state index in [9.17, 15) is 19.5 Å². The molecule has 230 valence electrons. The van der Waals surface area contributed by atoms with Crippen molar-refractivity contribution >= 4 is 28.8 Å². The molecule has 0 unspecified atom stereocenters. The molecule has 0 spiro atoms. The van der Waals surface area contributed by atoms with Crippen LogP contribution in [0.2, 0.25) is 0 Å². The molecule has 5 aromatic rings. The van der Waals surface area contributed by atoms with Gasteiger partial charge in [-0.05, 0) is 65.8 Å². The molecule has 0 bridgehead atoms. The van der Waals surface area contributed by atoms with Crippen LogP contribution in [0.15, 0.2) is 91.0 Å². The summed E-state index contributed by atoms with van der Waals surface area (Å²) in [5, 5.41) is 21.7. The highest BCUT2D eigenvalue weighted by Crippen LogP contribution is 2.27. The third-order valence-electron chi connectivity index (χ3n) is 7.84. The van der Waals surface area contributed by atoms with E-state index in [0.29, 0.717) is 24.1 Å². The van der Waals surface area contributed by atoms with Crippen molar-refractivity contribution in [3.63, 3.8) is 0 Å². The van der Waals surface area contributed by atoms with E-state index >= 15 is 0 Å². The Bertz CT molecular complexity index is 1830. The summed E-state index contributed by atoms with van der Waals surface area (Å²) in [6.45, 7) is 4.55. The molecule has 2 amide bonds. The van der Waals surface area contributed by atoms with E-state index in [2.05, 4.69) is 16.8 Å². The van der Waals surface area contributed by atoms with Crippen molar-refractivity contribution in [3.05, 3.63) is 125 Å². The first kappa shape index (κ1) is 31.2. The number of aryl methyl sites for hydroxylation is 2. The van der Waals surface area contributed by atoms with Crippen LogP contribution in [0.25, 0.3) is 22.2 Å². The number of imidazole rings is 1. The van der Waals surface area contributed by atoms with Gasteiger partial charge >= 0.3 is 5.97 Å². The number of carbonyl (C=O) groups excluding carboxylic acids is 2. The van der Waals surface area contributed by atoms with E-state index in [1.165, 1.54) is 0 Å². The third-order valence-corrected chi connectivity index (χ3v) is 7.84. The van der Waals surface area contributed by atoms with Crippen LogP contribution in [-0.4, -0.2) is 43.7 Å². The minimum Gasteiger partial charge on any atom is -0.478 e. The average molecular weight is 605 g/mol. The summed E-state index contributed by atoms with van der Waals surface area (Å²) in [5.74, 6) is -0.961. The van der Waals surface area contributed by atoms with Crippen LogP contribution >= 0.6 is 0 Å². The first-order valence-electron chi connectivity index (χ1n) is 15.0. The molecular weight excluding hydrogens is 568 g/mol. The van der Waals surface area contributed by atoms with Gasteiger partial charge in [0.05, 0.1) is 16.6 Å². The summed E-state index contributed by atoms with van der Waals surface area (Å²) < 4.78 is 2.13. The number of aromatic nitrogens is 2. The SMILES string of the molecule is CCCc1nc2c(C)cc(C(=O)N[C@@H](CC(=O)NO)Cc3ccccc3)cc2n1Cc1ccc(-c2ccccc2C(=O)O)cc1. The summed E-state index contributed by atoms with van der Waals surface area (Å²) in [6.07, 6.45) is 2.00. The number of hydrogen-bond donors (Lipinski definition) is 4. The Kier molecular flexibility index (Phi) is 9.70. The second-order valence-electron chi connectivity index (χ2n) is 11.2. The van der Waals surface area contributed by atoms with Crippen molar-refractivity contribution in [1.82, 2.24) is 20.3 Å². The molecule has 1 aromatic heterocycles. The van der Waals surface area contributed by atoms with Gasteiger partial charge in [0.25, 0.3) is 5.91 Å². The lowest BCUT2D eigenvalue weighted by Crippen LogP contribution is -2.40. The Morgan fingerprint density at radius 3 is 2.31 bits per heavy atom. The van der Waals surface area contributed by atoms with Crippen molar-refractivity contribution in [2.24, 2.45) is 0 Å². The van der Waals surface area contributed by atoms with Gasteiger partial charge in [-0.25, -0.2) is 15.3 Å². The fourth-order valence-corrected chi connectivity index (χ4v) is 5.67. The van der Waals surface area contributed by atoms with Gasteiger partial charge in [-0.2, -0.15) is 0 Å². The van der Waals surface area contributed by atoms with Gasteiger partial charge in [-0.1, -0.05) is 79.7 Å². The number of nitrogens with zero attached hydrogens (tertiary/aromatic N) is 2. The second-order valence-corrected chi connectivity index (χ2v) is 11.2. The van der Waals surface area contributed by atoms with Gasteiger partial charge < -0.3 is 15.0 Å². The highest BCUT2D eigenvalue weighted by Gasteiger charge is 2.21. The molecule has 0 aliphatic carbocycles. The fourth-order valence-electron chi connectivity index (χ4n) is 5.67. The van der Waals surface area contributed by atoms with Crippen LogP contribution in [0.3, 0.4) is 0 Å². The standard InChI is InChI=1S/C36H36N4O5/c1-3-9-32-38-34-23(2)18-27(35(42)37-28(21-33(41)39-45)19-24-10-5-4-6-11-24)20-31(34)40(32)22-25-14-16-26(17-15-25)29-12-7-8-13-30(29)36(43)44/h4-8,10-18,20,28,45H,3,9,19,21-22H2,1-2H3,(H,37,42)(H,39,41)(H,43,44)/t28-/m1/s1. The number of nitrogens with one attached hydrogen (secondary N) is 2. The number of carboxylic acid groups (broad SMARTS) is 1. The van der Waals surface area contributed by atoms with Gasteiger partial charge in [-0.3, -0.25) is 14.8 Å². The van der Waals surface area contributed by atoms with Crippen molar-refractivity contribution in [3.8, 4) is 11.1 Å². The molecular formula is C36H36N4O5. The quantitative estimate of drug-likeness (QED) is 0.103. The Balaban J connectivity index is 1.45. The molecule has 0 fully saturated rings. The summed E-state index contributed by atoms with van der Waals surface area (Å²) in [5.41, 5.74) is 8.32. The molecule has 9 nitrogen and oxygen atoms in total. The molecule has 1 atom stereocenters. The molecule has 0 aliphatic heterocycles. The number of hydrogen-bond acceptors (Lipinski definition) is 5. The van der Waals surface area contributed by atoms with E-state index in [1.807, 2.05) is 79.7 Å². The van der Waals surface area contributed by atoms with E-state index in [0.717, 1.165) is 52.0 Å². The highest BCUT2D eigenvalue weighted by atomic mass is 16.5. The second kappa shape index (κ2) is 14.0. The topological polar surface area (TPSA) is 134 Å². The molecule has 4 aromatic carbocycles. The summed E-state index contributed by atoms with van der Waals surface area (Å²) in [6, 6.07) is 27.4. The molecule has 9 heteroatoms. The highest BCUT2D eigenvalue weighted by molar-refractivity contribution is 5.99. The molecule has 1 heterocycles. The lowest BCUT2D eigenvalue weighted by Gasteiger charge is -2.18. The molecule has 45 heavy (non-hydrogen) atoms. The lowest BCUT2D eigenvalue weighted by molar-refractivity contribution is -0.129. The maximum Gasteiger partial charge on any atom is 0.336 e. The van der Waals surface area contributed by atoms with Crippen LogP contribution in [0.4, 0.5) is 0 Å². The Hall–Kier alpha value is -5.28. The summed E-state index contributed by atoms with van der Waals surface area (Å²) >= 11 is 0. The van der Waals surface area contributed by atoms with E-state index in [4.69, 9.17) is 10.2 Å². The fraction of sp³-hybridized carbons (Fsp3) is 0.222. The van der Waals surface area contributed by atoms with E-state index < -0.39 is 17.9 Å². The largest absolute Gasteiger partial charge is 0.478 e. The zero-order chi connectivity index (χ0) is 31.9. The number of carboxylic acids is 1. The van der Waals surface area contributed by atoms with Gasteiger partial charge in [0.1, 0.15) is 5.82 Å². The third kappa shape index (κ3) is 7.27. The van der Waals surface area contributed by atoms with Crippen molar-refractivity contribution in [2.75, 3.05) is 0 Å². The molecule has 0 saturated heterocycles. The van der Waals surface area contributed by atoms with Crippen LogP contribution < -0.4 is 10.8 Å². The monoisotopic (exact) mass is 604 g/mol. The van der Waals surface area contributed by atoms with Gasteiger partial charge in [0.15, 0.2) is 0 Å². The molecule has 4 N–H and O–H groups in total. The Labute approximate surface area is 261 Å². The minimum atomic E-state index is -0.970. The smallest absolute Gasteiger partial charge is 0.336 e. The van der Waals surface area contributed by atoms with E-state index in [-0.39, 0.29) is 17.9 Å². The summed E-state index contributed by atoms with van der Waals surface area (Å²) in [4.78, 5) is 42.3. The normalized spacial score (nSPS) is 11.7. The number of rotatable bonds is 12. The summed E-state index contributed by atoms with van der Waals surface area (Å²) in [7, 11) is 0. The zero-order valence-corrected chi connectivity index (χ0v) is 25.3. The van der Waals surface area contributed by atoms with Crippen molar-refractivity contribution in [1.29, 1.82) is 0 Å². The predicted octanol–water partition coefficient (Wildman–Crippen LogP) is 5.95. The Morgan fingerprint density at radius 1 is 0.911 bits per heavy atom. The molecule has 0 saturated carbocycles. The number of hydroxylamine groups is 1. The van der Waals surface area contributed by atoms with Crippen LogP contribution in [0.5, 0.6) is 0 Å². The first-order chi connectivity index (χ1) is 21.8. The van der Waals surface area contributed by atoms with Crippen LogP contribution in [-0.2, 0) is 24.2 Å². The number of fused-ring (bicyclic) bond motifs is 1. The first-order valence-corrected chi connectivity index (χ1v) is 15.0. The van der Waals surface area contributed by atoms with Crippen molar-refractivity contribution < 1.29 is 24.7 Å². The minimum absolute atomic E-state index is 0.0795. The van der Waals surface area contributed by atoms with Gasteiger partial charge in [0, 0.05) is 31.0 Å². The lowest BCUT2D eigenvalue weighted by atomic mass is 9.98. The average Bonchev–Trinajstić information content (AvgIpc) is 3.39. The number of amides is 2.